The van der Waals surface area contributed by atoms with Gasteiger partial charge in [-0.05, 0) is 36.2 Å². The number of nitrogens with one attached hydrogen (secondary N) is 1. The van der Waals surface area contributed by atoms with Gasteiger partial charge < -0.3 is 15.0 Å². The number of anilines is 1. The largest absolute Gasteiger partial charge is 0.496 e. The molecule has 3 rings (SSSR count). The monoisotopic (exact) mass is 406 g/mol. The number of alkyl halides is 3. The van der Waals surface area contributed by atoms with Gasteiger partial charge in [0.1, 0.15) is 5.75 Å². The molecule has 0 bridgehead atoms. The fourth-order valence-corrected chi connectivity index (χ4v) is 3.36. The molecule has 154 valence electrons. The van der Waals surface area contributed by atoms with Crippen molar-refractivity contribution in [3.05, 3.63) is 59.7 Å². The van der Waals surface area contributed by atoms with Crippen LogP contribution >= 0.6 is 0 Å². The summed E-state index contributed by atoms with van der Waals surface area (Å²) < 4.78 is 44.0. The summed E-state index contributed by atoms with van der Waals surface area (Å²) >= 11 is 0. The number of amides is 2. The Morgan fingerprint density at radius 1 is 1.21 bits per heavy atom. The third-order valence-electron chi connectivity index (χ3n) is 4.87. The Morgan fingerprint density at radius 2 is 1.97 bits per heavy atom. The summed E-state index contributed by atoms with van der Waals surface area (Å²) in [4.78, 5) is 26.0. The Hall–Kier alpha value is -3.03. The lowest BCUT2D eigenvalue weighted by molar-refractivity contribution is -0.137. The first kappa shape index (κ1) is 20.7. The van der Waals surface area contributed by atoms with Crippen molar-refractivity contribution in [3.63, 3.8) is 0 Å². The average molecular weight is 406 g/mol. The van der Waals surface area contributed by atoms with E-state index in [1.165, 1.54) is 17.0 Å². The highest BCUT2D eigenvalue weighted by molar-refractivity contribution is 6.00. The molecule has 1 aliphatic rings. The fourth-order valence-electron chi connectivity index (χ4n) is 3.36. The van der Waals surface area contributed by atoms with Gasteiger partial charge in [0.25, 0.3) is 0 Å². The second-order valence-corrected chi connectivity index (χ2v) is 6.81. The van der Waals surface area contributed by atoms with Crippen molar-refractivity contribution in [1.82, 2.24) is 5.32 Å². The summed E-state index contributed by atoms with van der Waals surface area (Å²) in [5.41, 5.74) is 0.269. The van der Waals surface area contributed by atoms with Crippen molar-refractivity contribution in [1.29, 1.82) is 0 Å². The maximum absolute atomic E-state index is 12.9. The predicted octanol–water partition coefficient (Wildman–Crippen LogP) is 3.43. The predicted molar refractivity (Wildman–Crippen MR) is 102 cm³/mol. The zero-order chi connectivity index (χ0) is 21.0. The lowest BCUT2D eigenvalue weighted by Crippen LogP contribution is -2.34. The molecule has 5 nitrogen and oxygen atoms in total. The number of para-hydroxylation sites is 1. The summed E-state index contributed by atoms with van der Waals surface area (Å²) in [7, 11) is 1.57. The van der Waals surface area contributed by atoms with Gasteiger partial charge in [-0.25, -0.2) is 0 Å². The molecule has 0 aliphatic carbocycles. The van der Waals surface area contributed by atoms with E-state index >= 15 is 0 Å². The van der Waals surface area contributed by atoms with Crippen LogP contribution in [0, 0.1) is 5.92 Å². The Balaban J connectivity index is 1.59. The van der Waals surface area contributed by atoms with Gasteiger partial charge in [0, 0.05) is 25.2 Å². The number of ether oxygens (including phenoxy) is 1. The van der Waals surface area contributed by atoms with E-state index < -0.39 is 17.7 Å². The lowest BCUT2D eigenvalue weighted by atomic mass is 10.1. The van der Waals surface area contributed by atoms with Crippen LogP contribution in [0.1, 0.15) is 17.5 Å². The zero-order valence-corrected chi connectivity index (χ0v) is 15.8. The molecule has 29 heavy (non-hydrogen) atoms. The highest BCUT2D eigenvalue weighted by Crippen LogP contribution is 2.33. The zero-order valence-electron chi connectivity index (χ0n) is 15.8. The van der Waals surface area contributed by atoms with Gasteiger partial charge in [-0.2, -0.15) is 13.2 Å². The van der Waals surface area contributed by atoms with E-state index in [-0.39, 0.29) is 30.5 Å². The molecule has 1 unspecified atom stereocenters. The van der Waals surface area contributed by atoms with Crippen molar-refractivity contribution in [2.75, 3.05) is 25.1 Å². The number of hydrogen-bond acceptors (Lipinski definition) is 3. The van der Waals surface area contributed by atoms with Crippen molar-refractivity contribution in [2.45, 2.75) is 19.0 Å². The topological polar surface area (TPSA) is 58.6 Å². The number of nitrogens with zero attached hydrogens (tertiary/aromatic N) is 1. The smallest absolute Gasteiger partial charge is 0.416 e. The minimum atomic E-state index is -4.49. The molecule has 1 N–H and O–H groups in total. The molecule has 1 heterocycles. The minimum Gasteiger partial charge on any atom is -0.496 e. The van der Waals surface area contributed by atoms with Gasteiger partial charge in [-0.3, -0.25) is 9.59 Å². The van der Waals surface area contributed by atoms with Crippen LogP contribution in [0.4, 0.5) is 18.9 Å². The average Bonchev–Trinajstić information content (AvgIpc) is 3.09. The van der Waals surface area contributed by atoms with Crippen LogP contribution in [0.2, 0.25) is 0 Å². The number of methoxy groups -OCH3 is 1. The third kappa shape index (κ3) is 4.88. The first-order chi connectivity index (χ1) is 13.8. The van der Waals surface area contributed by atoms with Crippen LogP contribution in [0.25, 0.3) is 0 Å². The Morgan fingerprint density at radius 3 is 2.69 bits per heavy atom. The molecule has 2 aromatic rings. The molecular formula is C21H21F3N2O3. The molecule has 1 aliphatic heterocycles. The minimum absolute atomic E-state index is 0.0310. The molecule has 8 heteroatoms. The molecule has 0 aromatic heterocycles. The number of halogens is 3. The number of rotatable bonds is 6. The first-order valence-corrected chi connectivity index (χ1v) is 9.17. The molecule has 2 amide bonds. The second-order valence-electron chi connectivity index (χ2n) is 6.81. The fraction of sp³-hybridized carbons (Fsp3) is 0.333. The third-order valence-corrected chi connectivity index (χ3v) is 4.87. The number of benzene rings is 2. The van der Waals surface area contributed by atoms with Crippen molar-refractivity contribution in [2.24, 2.45) is 5.92 Å². The molecule has 1 fully saturated rings. The van der Waals surface area contributed by atoms with Gasteiger partial charge in [0.2, 0.25) is 11.8 Å². The molecule has 0 spiro atoms. The Kier molecular flexibility index (Phi) is 6.10. The van der Waals surface area contributed by atoms with Crippen LogP contribution in [-0.2, 0) is 22.2 Å². The van der Waals surface area contributed by atoms with Crippen molar-refractivity contribution in [3.8, 4) is 5.75 Å². The molecule has 1 atom stereocenters. The summed E-state index contributed by atoms with van der Waals surface area (Å²) in [6.07, 6.45) is -3.96. The summed E-state index contributed by atoms with van der Waals surface area (Å²) in [5.74, 6) is -0.528. The molecular weight excluding hydrogens is 385 g/mol. The first-order valence-electron chi connectivity index (χ1n) is 9.17. The van der Waals surface area contributed by atoms with E-state index in [0.29, 0.717) is 13.0 Å². The van der Waals surface area contributed by atoms with E-state index in [1.807, 2.05) is 24.3 Å². The molecule has 0 saturated carbocycles. The summed E-state index contributed by atoms with van der Waals surface area (Å²) in [5, 5.41) is 2.80. The van der Waals surface area contributed by atoms with Crippen LogP contribution in [0.15, 0.2) is 48.5 Å². The SMILES string of the molecule is COc1ccccc1CCNC(=O)C1CC(=O)N(c2cccc(C(F)(F)F)c2)C1. The van der Waals surface area contributed by atoms with Gasteiger partial charge >= 0.3 is 6.18 Å². The van der Waals surface area contributed by atoms with E-state index in [1.54, 1.807) is 7.11 Å². The summed E-state index contributed by atoms with van der Waals surface area (Å²) in [6.45, 7) is 0.425. The highest BCUT2D eigenvalue weighted by Gasteiger charge is 2.36. The van der Waals surface area contributed by atoms with Gasteiger partial charge in [-0.1, -0.05) is 24.3 Å². The second kappa shape index (κ2) is 8.55. The highest BCUT2D eigenvalue weighted by atomic mass is 19.4. The van der Waals surface area contributed by atoms with Crippen LogP contribution < -0.4 is 15.0 Å². The standard InChI is InChI=1S/C21H21F3N2O3/c1-29-18-8-3-2-5-14(18)9-10-25-20(28)15-11-19(27)26(13-15)17-7-4-6-16(12-17)21(22,23)24/h2-8,12,15H,9-11,13H2,1H3,(H,25,28). The van der Waals surface area contributed by atoms with Gasteiger partial charge in [-0.15, -0.1) is 0 Å². The molecule has 1 saturated heterocycles. The van der Waals surface area contributed by atoms with Crippen LogP contribution in [0.3, 0.4) is 0 Å². The summed E-state index contributed by atoms with van der Waals surface area (Å²) in [6, 6.07) is 12.0. The van der Waals surface area contributed by atoms with Gasteiger partial charge in [0.05, 0.1) is 18.6 Å². The molecule has 0 radical (unpaired) electrons. The van der Waals surface area contributed by atoms with E-state index in [4.69, 9.17) is 4.74 Å². The van der Waals surface area contributed by atoms with Gasteiger partial charge in [0.15, 0.2) is 0 Å². The van der Waals surface area contributed by atoms with Crippen LogP contribution in [0.5, 0.6) is 5.75 Å². The number of carbonyl (C=O) groups excluding carboxylic acids is 2. The maximum Gasteiger partial charge on any atom is 0.416 e. The van der Waals surface area contributed by atoms with Crippen molar-refractivity contribution >= 4 is 17.5 Å². The van der Waals surface area contributed by atoms with E-state index in [2.05, 4.69) is 5.32 Å². The number of carbonyl (C=O) groups is 2. The van der Waals surface area contributed by atoms with Crippen molar-refractivity contribution < 1.29 is 27.5 Å². The number of hydrogen-bond donors (Lipinski definition) is 1. The Labute approximate surface area is 166 Å². The quantitative estimate of drug-likeness (QED) is 0.800. The maximum atomic E-state index is 12.9. The van der Waals surface area contributed by atoms with Crippen LogP contribution in [-0.4, -0.2) is 32.0 Å². The Bertz CT molecular complexity index is 899. The normalized spacial score (nSPS) is 16.8. The van der Waals surface area contributed by atoms with E-state index in [0.717, 1.165) is 23.4 Å². The lowest BCUT2D eigenvalue weighted by Gasteiger charge is -2.18. The molecule has 2 aromatic carbocycles. The van der Waals surface area contributed by atoms with E-state index in [9.17, 15) is 22.8 Å².